The second-order valence-electron chi connectivity index (χ2n) is 11.3. The normalized spacial score (nSPS) is 13.8. The van der Waals surface area contributed by atoms with Gasteiger partial charge in [0.05, 0.1) is 16.5 Å². The van der Waals surface area contributed by atoms with Crippen molar-refractivity contribution in [2.75, 3.05) is 6.54 Å². The van der Waals surface area contributed by atoms with Crippen molar-refractivity contribution in [1.29, 1.82) is 0 Å². The highest BCUT2D eigenvalue weighted by Crippen LogP contribution is 2.48. The number of furan rings is 2. The zero-order valence-corrected chi connectivity index (χ0v) is 23.3. The maximum atomic E-state index is 14.4. The average Bonchev–Trinajstić information content (AvgIpc) is 3.56. The number of fused-ring (bicyclic) bond motifs is 10. The molecule has 1 aliphatic heterocycles. The van der Waals surface area contributed by atoms with Crippen LogP contribution in [-0.4, -0.2) is 28.2 Å². The van der Waals surface area contributed by atoms with Gasteiger partial charge in [-0.3, -0.25) is 19.3 Å². The minimum atomic E-state index is -0.397. The van der Waals surface area contributed by atoms with Crippen LogP contribution in [0.5, 0.6) is 0 Å². The Balaban J connectivity index is 1.54. The summed E-state index contributed by atoms with van der Waals surface area (Å²) in [5, 5.41) is 4.96. The fourth-order valence-corrected chi connectivity index (χ4v) is 6.98. The molecule has 208 valence electrons. The zero-order valence-electron chi connectivity index (χ0n) is 23.3. The summed E-state index contributed by atoms with van der Waals surface area (Å²) in [6, 6.07) is 15.0. The van der Waals surface area contributed by atoms with Crippen LogP contribution in [0.2, 0.25) is 0 Å². The molecule has 4 aromatic carbocycles. The van der Waals surface area contributed by atoms with E-state index in [9.17, 15) is 14.4 Å². The van der Waals surface area contributed by atoms with Crippen LogP contribution in [0.15, 0.2) is 62.2 Å². The van der Waals surface area contributed by atoms with Crippen molar-refractivity contribution in [3.05, 3.63) is 75.4 Å². The number of carbonyl (C=O) groups is 2. The zero-order chi connectivity index (χ0) is 28.7. The second-order valence-corrected chi connectivity index (χ2v) is 11.3. The van der Waals surface area contributed by atoms with Gasteiger partial charge in [-0.2, -0.15) is 0 Å². The Bertz CT molecular complexity index is 2380. The van der Waals surface area contributed by atoms with Crippen LogP contribution in [-0.2, 0) is 0 Å². The van der Waals surface area contributed by atoms with Gasteiger partial charge in [0.15, 0.2) is 0 Å². The second kappa shape index (κ2) is 9.05. The highest BCUT2D eigenvalue weighted by Gasteiger charge is 2.40. The molecule has 0 fully saturated rings. The molecule has 7 nitrogen and oxygen atoms in total. The van der Waals surface area contributed by atoms with E-state index in [0.29, 0.717) is 84.1 Å². The van der Waals surface area contributed by atoms with E-state index in [1.165, 1.54) is 11.3 Å². The Morgan fingerprint density at radius 1 is 0.667 bits per heavy atom. The molecule has 1 aliphatic rings. The number of carbonyl (C=O) groups excluding carboxylic acids is 2. The lowest BCUT2D eigenvalue weighted by molar-refractivity contribution is 0.0610. The summed E-state index contributed by atoms with van der Waals surface area (Å²) in [6.45, 7) is 6.65. The first-order valence-corrected chi connectivity index (χ1v) is 14.7. The van der Waals surface area contributed by atoms with Gasteiger partial charge in [0.25, 0.3) is 17.4 Å². The molecule has 4 heterocycles. The predicted molar refractivity (Wildman–Crippen MR) is 166 cm³/mol. The number of nitrogens with one attached hydrogen (secondary N) is 1. The Kier molecular flexibility index (Phi) is 5.35. The molecular formula is C35H28N2O5. The van der Waals surface area contributed by atoms with Crippen LogP contribution in [0.4, 0.5) is 0 Å². The van der Waals surface area contributed by atoms with Crippen LogP contribution >= 0.6 is 0 Å². The molecule has 0 spiro atoms. The van der Waals surface area contributed by atoms with Gasteiger partial charge in [-0.15, -0.1) is 0 Å². The number of rotatable bonds is 7. The number of hydrogen-bond donors (Lipinski definition) is 1. The van der Waals surface area contributed by atoms with E-state index in [2.05, 4.69) is 18.5 Å². The Morgan fingerprint density at radius 3 is 2.02 bits per heavy atom. The summed E-state index contributed by atoms with van der Waals surface area (Å²) in [4.78, 5) is 46.9. The van der Waals surface area contributed by atoms with Crippen LogP contribution < -0.4 is 10.9 Å². The molecule has 8 rings (SSSR count). The third kappa shape index (κ3) is 3.19. The Hall–Kier alpha value is -4.91. The number of aromatic nitrogens is 1. The highest BCUT2D eigenvalue weighted by atomic mass is 16.3. The quantitative estimate of drug-likeness (QED) is 0.161. The largest absolute Gasteiger partial charge is 0.455 e. The van der Waals surface area contributed by atoms with E-state index in [1.54, 1.807) is 0 Å². The third-order valence-electron chi connectivity index (χ3n) is 8.84. The van der Waals surface area contributed by atoms with Gasteiger partial charge in [0, 0.05) is 49.6 Å². The topological polar surface area (TPSA) is 96.5 Å². The molecular weight excluding hydrogens is 528 g/mol. The monoisotopic (exact) mass is 556 g/mol. The van der Waals surface area contributed by atoms with E-state index in [-0.39, 0.29) is 11.5 Å². The molecule has 0 saturated heterocycles. The number of hydrogen-bond acceptors (Lipinski definition) is 5. The van der Waals surface area contributed by atoms with Gasteiger partial charge in [0.2, 0.25) is 0 Å². The number of nitrogens with zero attached hydrogens (tertiary/aromatic N) is 1. The summed E-state index contributed by atoms with van der Waals surface area (Å²) < 4.78 is 12.8. The molecule has 0 aliphatic carbocycles. The predicted octanol–water partition coefficient (Wildman–Crippen LogP) is 7.57. The summed E-state index contributed by atoms with van der Waals surface area (Å²) in [6.07, 6.45) is 6.18. The molecule has 0 atom stereocenters. The molecule has 0 saturated carbocycles. The number of para-hydroxylation sites is 2. The fraction of sp³-hybridized carbons (Fsp3) is 0.229. The number of aromatic amines is 1. The van der Waals surface area contributed by atoms with Crippen LogP contribution in [0, 0.1) is 0 Å². The summed E-state index contributed by atoms with van der Waals surface area (Å²) in [5.41, 5.74) is 2.32. The van der Waals surface area contributed by atoms with E-state index in [1.807, 2.05) is 48.5 Å². The van der Waals surface area contributed by atoms with E-state index >= 15 is 0 Å². The van der Waals surface area contributed by atoms with E-state index in [4.69, 9.17) is 8.83 Å². The number of amides is 2. The van der Waals surface area contributed by atoms with Crippen LogP contribution in [0.25, 0.3) is 72.0 Å². The number of H-pyrrole nitrogens is 1. The molecule has 0 radical (unpaired) electrons. The van der Waals surface area contributed by atoms with Crippen LogP contribution in [0.1, 0.15) is 66.2 Å². The van der Waals surface area contributed by atoms with Gasteiger partial charge in [-0.25, -0.2) is 0 Å². The minimum Gasteiger partial charge on any atom is -0.455 e. The number of imide groups is 1. The molecule has 7 heteroatoms. The van der Waals surface area contributed by atoms with Crippen LogP contribution in [0.3, 0.4) is 0 Å². The molecule has 1 N–H and O–H groups in total. The molecule has 0 unspecified atom stereocenters. The smallest absolute Gasteiger partial charge is 0.265 e. The van der Waals surface area contributed by atoms with E-state index in [0.717, 1.165) is 36.5 Å². The van der Waals surface area contributed by atoms with Gasteiger partial charge >= 0.3 is 0 Å². The first-order valence-electron chi connectivity index (χ1n) is 14.7. The van der Waals surface area contributed by atoms with Crippen molar-refractivity contribution < 1.29 is 18.4 Å². The number of benzene rings is 4. The fourth-order valence-electron chi connectivity index (χ4n) is 6.98. The molecule has 42 heavy (non-hydrogen) atoms. The van der Waals surface area contributed by atoms with Crippen molar-refractivity contribution >= 4 is 83.8 Å². The molecule has 0 bridgehead atoms. The minimum absolute atomic E-state index is 0.306. The summed E-state index contributed by atoms with van der Waals surface area (Å²) in [5.74, 6) is -0.770. The number of unbranched alkanes of at least 4 members (excludes halogenated alkanes) is 5. The Morgan fingerprint density at radius 2 is 1.29 bits per heavy atom. The Labute approximate surface area is 239 Å². The van der Waals surface area contributed by atoms with Crippen molar-refractivity contribution in [2.45, 2.75) is 45.4 Å². The molecule has 3 aromatic heterocycles. The van der Waals surface area contributed by atoms with Gasteiger partial charge < -0.3 is 13.8 Å². The summed E-state index contributed by atoms with van der Waals surface area (Å²) in [7, 11) is 0. The lowest BCUT2D eigenvalue weighted by Gasteiger charge is -2.28. The standard InChI is InChI=1S/C35H28N2O5/c1-3-4-5-6-7-12-17-37-34(39)29-25-20-14-9-11-16-22(20)41-31(25)23-18(2)36-33(38)28-24-19-13-8-10-15-21(19)42-32(24)30(35(37)40)27(29)26(23)28/h8-11,13-16H,2-7,12,17H2,1H3,(H,36,38). The highest BCUT2D eigenvalue weighted by molar-refractivity contribution is 6.44. The first-order chi connectivity index (χ1) is 20.5. The van der Waals surface area contributed by atoms with E-state index < -0.39 is 5.91 Å². The average molecular weight is 557 g/mol. The van der Waals surface area contributed by atoms with Crippen molar-refractivity contribution in [3.63, 3.8) is 0 Å². The number of pyridine rings is 1. The van der Waals surface area contributed by atoms with Crippen molar-refractivity contribution in [2.24, 2.45) is 0 Å². The molecule has 7 aromatic rings. The van der Waals surface area contributed by atoms with Crippen molar-refractivity contribution in [3.8, 4) is 0 Å². The summed E-state index contributed by atoms with van der Waals surface area (Å²) >= 11 is 0. The van der Waals surface area contributed by atoms with Gasteiger partial charge in [-0.05, 0) is 18.6 Å². The maximum absolute atomic E-state index is 14.4. The SMILES string of the molecule is C=c1[nH]c(=O)c2c3c(oc4ccccc43)c3c4c(c5c6ccccc6oc5c1c42)C(=O)N(CCCCCCCC)C3=O. The van der Waals surface area contributed by atoms with Gasteiger partial charge in [-0.1, -0.05) is 82.0 Å². The molecule has 2 amide bonds. The maximum Gasteiger partial charge on any atom is 0.265 e. The first kappa shape index (κ1) is 24.9. The third-order valence-corrected chi connectivity index (χ3v) is 8.84. The van der Waals surface area contributed by atoms with Gasteiger partial charge in [0.1, 0.15) is 22.3 Å². The van der Waals surface area contributed by atoms with Crippen molar-refractivity contribution in [1.82, 2.24) is 9.88 Å². The lowest BCUT2D eigenvalue weighted by atomic mass is 9.85. The lowest BCUT2D eigenvalue weighted by Crippen LogP contribution is -2.41.